The van der Waals surface area contributed by atoms with E-state index in [0.29, 0.717) is 13.2 Å². The van der Waals surface area contributed by atoms with Gasteiger partial charge in [0, 0.05) is 11.4 Å². The van der Waals surface area contributed by atoms with Crippen molar-refractivity contribution in [3.8, 4) is 11.5 Å². The van der Waals surface area contributed by atoms with Gasteiger partial charge in [-0.3, -0.25) is 0 Å². The molecule has 0 aliphatic heterocycles. The van der Waals surface area contributed by atoms with E-state index in [9.17, 15) is 0 Å². The van der Waals surface area contributed by atoms with Crippen molar-refractivity contribution in [3.63, 3.8) is 0 Å². The number of benzene rings is 1. The van der Waals surface area contributed by atoms with E-state index < -0.39 is 0 Å². The summed E-state index contributed by atoms with van der Waals surface area (Å²) in [5.41, 5.74) is 1.18. The Balaban J connectivity index is 2.09. The zero-order chi connectivity index (χ0) is 14.4. The molecule has 0 aliphatic carbocycles. The summed E-state index contributed by atoms with van der Waals surface area (Å²) in [7, 11) is 1.93. The zero-order valence-corrected chi connectivity index (χ0v) is 14.0. The van der Waals surface area contributed by atoms with Crippen molar-refractivity contribution in [1.29, 1.82) is 0 Å². The van der Waals surface area contributed by atoms with Crippen molar-refractivity contribution in [2.45, 2.75) is 20.1 Å². The molecule has 1 N–H and O–H groups in total. The Labute approximate surface area is 132 Å². The van der Waals surface area contributed by atoms with Crippen LogP contribution < -0.4 is 14.8 Å². The summed E-state index contributed by atoms with van der Waals surface area (Å²) in [6.07, 6.45) is 0. The van der Waals surface area contributed by atoms with Gasteiger partial charge in [0.1, 0.15) is 6.61 Å². The molecule has 2 rings (SSSR count). The number of ether oxygens (including phenoxy) is 2. The molecular formula is C15H18BrNO2S. The predicted molar refractivity (Wildman–Crippen MR) is 86.7 cm³/mol. The Morgan fingerprint density at radius 1 is 1.15 bits per heavy atom. The van der Waals surface area contributed by atoms with E-state index in [2.05, 4.69) is 33.4 Å². The number of hydrogen-bond donors (Lipinski definition) is 1. The minimum absolute atomic E-state index is 0.557. The summed E-state index contributed by atoms with van der Waals surface area (Å²) in [5, 5.41) is 3.13. The van der Waals surface area contributed by atoms with Gasteiger partial charge in [0.25, 0.3) is 0 Å². The molecule has 2 aromatic rings. The van der Waals surface area contributed by atoms with Gasteiger partial charge in [0.05, 0.1) is 10.4 Å². The van der Waals surface area contributed by atoms with Gasteiger partial charge in [0.15, 0.2) is 11.5 Å². The standard InChI is InChI=1S/C15H18BrNO2S/c1-3-18-14-8-11(9-17-2)4-6-13(14)19-10-12-5-7-15(16)20-12/h4-8,17H,3,9-10H2,1-2H3. The van der Waals surface area contributed by atoms with Crippen molar-refractivity contribution in [3.05, 3.63) is 44.6 Å². The molecular weight excluding hydrogens is 338 g/mol. The average molecular weight is 356 g/mol. The summed E-state index contributed by atoms with van der Waals surface area (Å²) in [5.74, 6) is 1.59. The lowest BCUT2D eigenvalue weighted by atomic mass is 10.2. The molecule has 1 aromatic carbocycles. The molecule has 20 heavy (non-hydrogen) atoms. The molecule has 108 valence electrons. The maximum Gasteiger partial charge on any atom is 0.161 e. The van der Waals surface area contributed by atoms with Crippen LogP contribution in [-0.4, -0.2) is 13.7 Å². The Kier molecular flexibility index (Phi) is 5.88. The maximum absolute atomic E-state index is 5.87. The van der Waals surface area contributed by atoms with E-state index in [-0.39, 0.29) is 0 Å². The summed E-state index contributed by atoms with van der Waals surface area (Å²) in [6.45, 7) is 3.98. The summed E-state index contributed by atoms with van der Waals surface area (Å²) < 4.78 is 12.6. The summed E-state index contributed by atoms with van der Waals surface area (Å²) in [4.78, 5) is 1.18. The maximum atomic E-state index is 5.87. The molecule has 0 fully saturated rings. The largest absolute Gasteiger partial charge is 0.490 e. The van der Waals surface area contributed by atoms with Crippen molar-refractivity contribution >= 4 is 27.3 Å². The second-order valence-electron chi connectivity index (χ2n) is 4.24. The lowest BCUT2D eigenvalue weighted by Gasteiger charge is -2.13. The number of hydrogen-bond acceptors (Lipinski definition) is 4. The number of thiophene rings is 1. The fourth-order valence-corrected chi connectivity index (χ4v) is 3.23. The third-order valence-electron chi connectivity index (χ3n) is 2.69. The first-order valence-corrected chi connectivity index (χ1v) is 8.11. The van der Waals surface area contributed by atoms with Gasteiger partial charge in [-0.2, -0.15) is 0 Å². The van der Waals surface area contributed by atoms with E-state index in [0.717, 1.165) is 21.8 Å². The third kappa shape index (κ3) is 4.23. The minimum atomic E-state index is 0.557. The minimum Gasteiger partial charge on any atom is -0.490 e. The van der Waals surface area contributed by atoms with Crippen LogP contribution in [0.3, 0.4) is 0 Å². The van der Waals surface area contributed by atoms with Crippen molar-refractivity contribution in [2.24, 2.45) is 0 Å². The van der Waals surface area contributed by atoms with Gasteiger partial charge in [-0.15, -0.1) is 11.3 Å². The average Bonchev–Trinajstić information content (AvgIpc) is 2.84. The van der Waals surface area contributed by atoms with Crippen LogP contribution in [0.25, 0.3) is 0 Å². The van der Waals surface area contributed by atoms with Crippen molar-refractivity contribution in [1.82, 2.24) is 5.32 Å². The number of halogens is 1. The topological polar surface area (TPSA) is 30.5 Å². The molecule has 0 atom stereocenters. The monoisotopic (exact) mass is 355 g/mol. The van der Waals surface area contributed by atoms with E-state index >= 15 is 0 Å². The molecule has 0 aliphatic rings. The summed E-state index contributed by atoms with van der Waals surface area (Å²) >= 11 is 5.13. The molecule has 0 saturated heterocycles. The first kappa shape index (κ1) is 15.4. The van der Waals surface area contributed by atoms with Gasteiger partial charge < -0.3 is 14.8 Å². The fraction of sp³-hybridized carbons (Fsp3) is 0.333. The van der Waals surface area contributed by atoms with Crippen LogP contribution in [0.2, 0.25) is 0 Å². The molecule has 1 heterocycles. The Hall–Kier alpha value is -1.04. The van der Waals surface area contributed by atoms with Crippen LogP contribution in [-0.2, 0) is 13.2 Å². The molecule has 0 saturated carbocycles. The van der Waals surface area contributed by atoms with Crippen LogP contribution in [0.4, 0.5) is 0 Å². The highest BCUT2D eigenvalue weighted by atomic mass is 79.9. The van der Waals surface area contributed by atoms with E-state index in [1.807, 2.05) is 32.2 Å². The molecule has 0 amide bonds. The molecule has 0 spiro atoms. The Morgan fingerprint density at radius 3 is 2.65 bits per heavy atom. The van der Waals surface area contributed by atoms with Gasteiger partial charge >= 0.3 is 0 Å². The quantitative estimate of drug-likeness (QED) is 0.806. The SMILES string of the molecule is CCOc1cc(CNC)ccc1OCc1ccc(Br)s1. The van der Waals surface area contributed by atoms with Crippen molar-refractivity contribution in [2.75, 3.05) is 13.7 Å². The highest BCUT2D eigenvalue weighted by Gasteiger charge is 2.07. The van der Waals surface area contributed by atoms with E-state index in [1.165, 1.54) is 10.4 Å². The molecule has 0 unspecified atom stereocenters. The van der Waals surface area contributed by atoms with Crippen molar-refractivity contribution < 1.29 is 9.47 Å². The lowest BCUT2D eigenvalue weighted by Crippen LogP contribution is -2.06. The van der Waals surface area contributed by atoms with Crippen LogP contribution in [0, 0.1) is 0 Å². The van der Waals surface area contributed by atoms with Gasteiger partial charge in [-0.25, -0.2) is 0 Å². The van der Waals surface area contributed by atoms with Gasteiger partial charge in [-0.1, -0.05) is 6.07 Å². The van der Waals surface area contributed by atoms with Crippen LogP contribution in [0.5, 0.6) is 11.5 Å². The molecule has 0 radical (unpaired) electrons. The molecule has 0 bridgehead atoms. The third-order valence-corrected chi connectivity index (χ3v) is 4.28. The van der Waals surface area contributed by atoms with Gasteiger partial charge in [-0.05, 0) is 59.7 Å². The predicted octanol–water partition coefficient (Wildman–Crippen LogP) is 4.21. The second-order valence-corrected chi connectivity index (χ2v) is 6.79. The first-order chi connectivity index (χ1) is 9.72. The van der Waals surface area contributed by atoms with Crippen LogP contribution in [0.1, 0.15) is 17.4 Å². The number of rotatable bonds is 7. The molecule has 3 nitrogen and oxygen atoms in total. The van der Waals surface area contributed by atoms with E-state index in [1.54, 1.807) is 11.3 Å². The Morgan fingerprint density at radius 2 is 2.00 bits per heavy atom. The fourth-order valence-electron chi connectivity index (χ4n) is 1.83. The number of nitrogens with one attached hydrogen (secondary N) is 1. The Bertz CT molecular complexity index is 557. The summed E-state index contributed by atoms with van der Waals surface area (Å²) in [6, 6.07) is 10.1. The molecule has 1 aromatic heterocycles. The second kappa shape index (κ2) is 7.67. The smallest absolute Gasteiger partial charge is 0.161 e. The van der Waals surface area contributed by atoms with Crippen LogP contribution in [0.15, 0.2) is 34.1 Å². The zero-order valence-electron chi connectivity index (χ0n) is 11.6. The molecule has 5 heteroatoms. The highest BCUT2D eigenvalue weighted by molar-refractivity contribution is 9.11. The van der Waals surface area contributed by atoms with E-state index in [4.69, 9.17) is 9.47 Å². The lowest BCUT2D eigenvalue weighted by molar-refractivity contribution is 0.271. The van der Waals surface area contributed by atoms with Gasteiger partial charge in [0.2, 0.25) is 0 Å². The highest BCUT2D eigenvalue weighted by Crippen LogP contribution is 2.30. The first-order valence-electron chi connectivity index (χ1n) is 6.50. The normalized spacial score (nSPS) is 10.6. The van der Waals surface area contributed by atoms with Crippen LogP contribution >= 0.6 is 27.3 Å².